The molecule has 2 aromatic heterocycles. The van der Waals surface area contributed by atoms with Gasteiger partial charge in [-0.15, -0.1) is 0 Å². The minimum atomic E-state index is 0.0553. The van der Waals surface area contributed by atoms with Crippen LogP contribution in [0.4, 0.5) is 0 Å². The Morgan fingerprint density at radius 2 is 2.43 bits per heavy atom. The van der Waals surface area contributed by atoms with Crippen LogP contribution in [0, 0.1) is 12.8 Å². The number of aryl methyl sites for hydroxylation is 1. The van der Waals surface area contributed by atoms with E-state index < -0.39 is 0 Å². The van der Waals surface area contributed by atoms with Gasteiger partial charge in [0.05, 0.1) is 25.3 Å². The van der Waals surface area contributed by atoms with E-state index in [0.29, 0.717) is 6.54 Å². The third-order valence-corrected chi connectivity index (χ3v) is 4.33. The summed E-state index contributed by atoms with van der Waals surface area (Å²) in [5.41, 5.74) is 1.02. The fourth-order valence-electron chi connectivity index (χ4n) is 3.19. The average molecular weight is 316 g/mol. The molecule has 0 bridgehead atoms. The number of likely N-dealkylation sites (tertiary alicyclic amines) is 1. The van der Waals surface area contributed by atoms with Crippen LogP contribution in [0.15, 0.2) is 29.0 Å². The SMILES string of the molecule is Cc1cnc(CN(C)C(=O)[C@@H]2CCCN(Cc3ccco3)C2)[nH]1. The number of amides is 1. The molecule has 0 radical (unpaired) electrons. The van der Waals surface area contributed by atoms with E-state index in [1.807, 2.05) is 26.1 Å². The molecule has 1 N–H and O–H groups in total. The molecule has 1 aliphatic rings. The molecule has 2 aromatic rings. The Labute approximate surface area is 136 Å². The Kier molecular flexibility index (Phi) is 4.81. The molecule has 1 atom stereocenters. The summed E-state index contributed by atoms with van der Waals surface area (Å²) < 4.78 is 5.41. The van der Waals surface area contributed by atoms with Gasteiger partial charge in [-0.3, -0.25) is 9.69 Å². The van der Waals surface area contributed by atoms with Gasteiger partial charge in [0.15, 0.2) is 0 Å². The van der Waals surface area contributed by atoms with Crippen molar-refractivity contribution in [1.82, 2.24) is 19.8 Å². The Hall–Kier alpha value is -2.08. The molecule has 1 aliphatic heterocycles. The van der Waals surface area contributed by atoms with Crippen LogP contribution in [0.3, 0.4) is 0 Å². The van der Waals surface area contributed by atoms with Crippen molar-refractivity contribution in [2.24, 2.45) is 5.92 Å². The number of furan rings is 1. The Balaban J connectivity index is 1.55. The van der Waals surface area contributed by atoms with Crippen molar-refractivity contribution in [3.8, 4) is 0 Å². The minimum Gasteiger partial charge on any atom is -0.468 e. The van der Waals surface area contributed by atoms with Crippen LogP contribution in [0.1, 0.15) is 30.1 Å². The molecule has 124 valence electrons. The Morgan fingerprint density at radius 1 is 1.57 bits per heavy atom. The van der Waals surface area contributed by atoms with E-state index in [0.717, 1.165) is 49.8 Å². The van der Waals surface area contributed by atoms with Crippen LogP contribution in [0.5, 0.6) is 0 Å². The number of carbonyl (C=O) groups excluding carboxylic acids is 1. The largest absolute Gasteiger partial charge is 0.468 e. The second-order valence-electron chi connectivity index (χ2n) is 6.36. The molecule has 3 heterocycles. The number of nitrogens with one attached hydrogen (secondary N) is 1. The standard InChI is InChI=1S/C17H24N4O2/c1-13-9-18-16(19-13)12-20(2)17(22)14-5-3-7-21(10-14)11-15-6-4-8-23-15/h4,6,8-9,14H,3,5,7,10-12H2,1-2H3,(H,18,19)/t14-/m1/s1. The quantitative estimate of drug-likeness (QED) is 0.918. The summed E-state index contributed by atoms with van der Waals surface area (Å²) in [5.74, 6) is 2.04. The monoisotopic (exact) mass is 316 g/mol. The zero-order chi connectivity index (χ0) is 16.2. The molecule has 0 saturated carbocycles. The van der Waals surface area contributed by atoms with Crippen LogP contribution >= 0.6 is 0 Å². The summed E-state index contributed by atoms with van der Waals surface area (Å²) >= 11 is 0. The number of aromatic amines is 1. The van der Waals surface area contributed by atoms with E-state index >= 15 is 0 Å². The van der Waals surface area contributed by atoms with Gasteiger partial charge in [-0.05, 0) is 38.4 Å². The summed E-state index contributed by atoms with van der Waals surface area (Å²) in [5, 5.41) is 0. The summed E-state index contributed by atoms with van der Waals surface area (Å²) in [6.07, 6.45) is 5.49. The lowest BCUT2D eigenvalue weighted by molar-refractivity contribution is -0.136. The fourth-order valence-corrected chi connectivity index (χ4v) is 3.19. The molecule has 0 unspecified atom stereocenters. The van der Waals surface area contributed by atoms with E-state index in [9.17, 15) is 4.79 Å². The van der Waals surface area contributed by atoms with Crippen molar-refractivity contribution in [1.29, 1.82) is 0 Å². The number of hydrogen-bond acceptors (Lipinski definition) is 4. The Morgan fingerprint density at radius 3 is 3.13 bits per heavy atom. The molecule has 0 aliphatic carbocycles. The minimum absolute atomic E-state index is 0.0553. The zero-order valence-corrected chi connectivity index (χ0v) is 13.8. The molecule has 0 spiro atoms. The lowest BCUT2D eigenvalue weighted by atomic mass is 9.96. The number of carbonyl (C=O) groups is 1. The lowest BCUT2D eigenvalue weighted by Gasteiger charge is -2.33. The summed E-state index contributed by atoms with van der Waals surface area (Å²) in [7, 11) is 1.85. The zero-order valence-electron chi connectivity index (χ0n) is 13.8. The maximum Gasteiger partial charge on any atom is 0.227 e. The molecule has 0 aromatic carbocycles. The van der Waals surface area contributed by atoms with E-state index in [-0.39, 0.29) is 11.8 Å². The van der Waals surface area contributed by atoms with Gasteiger partial charge in [0.1, 0.15) is 11.6 Å². The van der Waals surface area contributed by atoms with E-state index in [4.69, 9.17) is 4.42 Å². The molecule has 23 heavy (non-hydrogen) atoms. The van der Waals surface area contributed by atoms with Crippen LogP contribution in [-0.2, 0) is 17.9 Å². The lowest BCUT2D eigenvalue weighted by Crippen LogP contribution is -2.43. The molecule has 1 saturated heterocycles. The highest BCUT2D eigenvalue weighted by Crippen LogP contribution is 2.21. The van der Waals surface area contributed by atoms with Gasteiger partial charge in [-0.2, -0.15) is 0 Å². The molecular formula is C17H24N4O2. The summed E-state index contributed by atoms with van der Waals surface area (Å²) in [4.78, 5) is 24.2. The summed E-state index contributed by atoms with van der Waals surface area (Å²) in [6.45, 7) is 5.08. The van der Waals surface area contributed by atoms with Gasteiger partial charge >= 0.3 is 0 Å². The first-order valence-electron chi connectivity index (χ1n) is 8.12. The maximum absolute atomic E-state index is 12.7. The van der Waals surface area contributed by atoms with Gasteiger partial charge in [-0.1, -0.05) is 0 Å². The van der Waals surface area contributed by atoms with Crippen molar-refractivity contribution < 1.29 is 9.21 Å². The highest BCUT2D eigenvalue weighted by Gasteiger charge is 2.28. The third-order valence-electron chi connectivity index (χ3n) is 4.33. The van der Waals surface area contributed by atoms with E-state index in [1.165, 1.54) is 0 Å². The van der Waals surface area contributed by atoms with Crippen molar-refractivity contribution in [2.75, 3.05) is 20.1 Å². The number of aromatic nitrogens is 2. The van der Waals surface area contributed by atoms with Gasteiger partial charge < -0.3 is 14.3 Å². The Bertz CT molecular complexity index is 635. The smallest absolute Gasteiger partial charge is 0.227 e. The predicted octanol–water partition coefficient (Wildman–Crippen LogP) is 2.18. The first kappa shape index (κ1) is 15.8. The van der Waals surface area contributed by atoms with Crippen molar-refractivity contribution in [2.45, 2.75) is 32.9 Å². The number of rotatable bonds is 5. The second-order valence-corrected chi connectivity index (χ2v) is 6.36. The summed E-state index contributed by atoms with van der Waals surface area (Å²) in [6, 6.07) is 3.89. The number of H-pyrrole nitrogens is 1. The molecular weight excluding hydrogens is 292 g/mol. The average Bonchev–Trinajstić information content (AvgIpc) is 3.18. The fraction of sp³-hybridized carbons (Fsp3) is 0.529. The normalized spacial score (nSPS) is 19.0. The van der Waals surface area contributed by atoms with Crippen LogP contribution < -0.4 is 0 Å². The van der Waals surface area contributed by atoms with Crippen molar-refractivity contribution in [3.05, 3.63) is 41.9 Å². The number of piperidine rings is 1. The number of nitrogens with zero attached hydrogens (tertiary/aromatic N) is 3. The molecule has 6 nitrogen and oxygen atoms in total. The van der Waals surface area contributed by atoms with Gasteiger partial charge in [0, 0.05) is 25.5 Å². The van der Waals surface area contributed by atoms with E-state index in [2.05, 4.69) is 14.9 Å². The van der Waals surface area contributed by atoms with Crippen LogP contribution in [0.25, 0.3) is 0 Å². The topological polar surface area (TPSA) is 65.4 Å². The van der Waals surface area contributed by atoms with E-state index in [1.54, 1.807) is 17.4 Å². The van der Waals surface area contributed by atoms with Crippen molar-refractivity contribution >= 4 is 5.91 Å². The predicted molar refractivity (Wildman–Crippen MR) is 86.5 cm³/mol. The molecule has 1 amide bonds. The molecule has 6 heteroatoms. The number of hydrogen-bond donors (Lipinski definition) is 1. The van der Waals surface area contributed by atoms with Crippen LogP contribution in [0.2, 0.25) is 0 Å². The molecule has 3 rings (SSSR count). The van der Waals surface area contributed by atoms with Crippen molar-refractivity contribution in [3.63, 3.8) is 0 Å². The second kappa shape index (κ2) is 7.00. The van der Waals surface area contributed by atoms with Gasteiger partial charge in [0.25, 0.3) is 0 Å². The first-order chi connectivity index (χ1) is 11.1. The highest BCUT2D eigenvalue weighted by atomic mass is 16.3. The number of imidazole rings is 1. The third kappa shape index (κ3) is 4.01. The van der Waals surface area contributed by atoms with Gasteiger partial charge in [-0.25, -0.2) is 4.98 Å². The molecule has 1 fully saturated rings. The van der Waals surface area contributed by atoms with Crippen LogP contribution in [-0.4, -0.2) is 45.8 Å². The maximum atomic E-state index is 12.7. The van der Waals surface area contributed by atoms with Gasteiger partial charge in [0.2, 0.25) is 5.91 Å². The first-order valence-corrected chi connectivity index (χ1v) is 8.12. The highest BCUT2D eigenvalue weighted by molar-refractivity contribution is 5.78.